The van der Waals surface area contributed by atoms with Gasteiger partial charge in [-0.3, -0.25) is 0 Å². The first-order chi connectivity index (χ1) is 5.73. The van der Waals surface area contributed by atoms with Crippen molar-refractivity contribution in [2.24, 2.45) is 0 Å². The fourth-order valence-corrected chi connectivity index (χ4v) is 0.984. The van der Waals surface area contributed by atoms with Crippen molar-refractivity contribution in [2.75, 3.05) is 21.3 Å². The van der Waals surface area contributed by atoms with E-state index < -0.39 is 0 Å². The van der Waals surface area contributed by atoms with Crippen molar-refractivity contribution < 1.29 is 9.68 Å². The van der Waals surface area contributed by atoms with Crippen LogP contribution < -0.4 is 4.81 Å². The lowest BCUT2D eigenvalue weighted by Gasteiger charge is -2.24. The molecule has 3 heteroatoms. The number of benzene rings is 1. The summed E-state index contributed by atoms with van der Waals surface area (Å²) in [5.74, 6) is 0. The number of rotatable bonds is 3. The molecular formula is C9H14NO2+. The van der Waals surface area contributed by atoms with Gasteiger partial charge in [0.25, 0.3) is 0 Å². The Morgan fingerprint density at radius 3 is 1.92 bits per heavy atom. The minimum absolute atomic E-state index is 0.0286. The van der Waals surface area contributed by atoms with Gasteiger partial charge in [-0.1, -0.05) is 18.2 Å². The predicted molar refractivity (Wildman–Crippen MR) is 48.2 cm³/mol. The average molecular weight is 168 g/mol. The van der Waals surface area contributed by atoms with Gasteiger partial charge in [-0.2, -0.15) is 9.68 Å². The van der Waals surface area contributed by atoms with Gasteiger partial charge >= 0.3 is 0 Å². The first kappa shape index (κ1) is 9.19. The van der Waals surface area contributed by atoms with Crippen LogP contribution in [0.15, 0.2) is 30.3 Å². The largest absolute Gasteiger partial charge is 0.199 e. The Hall–Kier alpha value is -0.900. The summed E-state index contributed by atoms with van der Waals surface area (Å²) in [6, 6.07) is 9.76. The smallest absolute Gasteiger partial charge is 0.166 e. The van der Waals surface area contributed by atoms with E-state index in [4.69, 9.17) is 9.68 Å². The third-order valence-electron chi connectivity index (χ3n) is 1.92. The van der Waals surface area contributed by atoms with Crippen molar-refractivity contribution in [1.82, 2.24) is 4.81 Å². The molecule has 0 atom stereocenters. The van der Waals surface area contributed by atoms with Crippen LogP contribution >= 0.6 is 0 Å². The molecule has 66 valence electrons. The van der Waals surface area contributed by atoms with Crippen LogP contribution in [0.3, 0.4) is 0 Å². The van der Waals surface area contributed by atoms with Crippen LogP contribution in [0.25, 0.3) is 0 Å². The zero-order chi connectivity index (χ0) is 9.03. The Morgan fingerprint density at radius 2 is 1.50 bits per heavy atom. The quantitative estimate of drug-likeness (QED) is 0.505. The molecule has 0 bridgehead atoms. The van der Waals surface area contributed by atoms with E-state index >= 15 is 0 Å². The third kappa shape index (κ3) is 1.64. The second-order valence-electron chi connectivity index (χ2n) is 2.55. The number of hydrogen-bond donors (Lipinski definition) is 0. The van der Waals surface area contributed by atoms with Crippen molar-refractivity contribution in [3.05, 3.63) is 30.3 Å². The van der Waals surface area contributed by atoms with Crippen molar-refractivity contribution in [3.8, 4) is 0 Å². The molecular weight excluding hydrogens is 154 g/mol. The topological polar surface area (TPSA) is 18.5 Å². The van der Waals surface area contributed by atoms with Crippen LogP contribution in [0, 0.1) is 0 Å². The van der Waals surface area contributed by atoms with Gasteiger partial charge < -0.3 is 0 Å². The average Bonchev–Trinajstić information content (AvgIpc) is 2.18. The molecule has 0 saturated carbocycles. The van der Waals surface area contributed by atoms with E-state index in [1.807, 2.05) is 37.4 Å². The molecule has 0 spiro atoms. The number of para-hydroxylation sites is 1. The predicted octanol–water partition coefficient (Wildman–Crippen LogP) is 1.75. The summed E-state index contributed by atoms with van der Waals surface area (Å²) >= 11 is 0. The van der Waals surface area contributed by atoms with Crippen LogP contribution in [-0.4, -0.2) is 21.3 Å². The highest BCUT2D eigenvalue weighted by Crippen LogP contribution is 2.19. The fraction of sp³-hybridized carbons (Fsp3) is 0.333. The highest BCUT2D eigenvalue weighted by Gasteiger charge is 2.25. The van der Waals surface area contributed by atoms with Crippen molar-refractivity contribution >= 4 is 5.69 Å². The molecule has 1 aromatic rings. The Labute approximate surface area is 72.6 Å². The van der Waals surface area contributed by atoms with Crippen LogP contribution in [0.2, 0.25) is 0 Å². The monoisotopic (exact) mass is 168 g/mol. The summed E-state index contributed by atoms with van der Waals surface area (Å²) in [6.07, 6.45) is 0. The molecule has 0 radical (unpaired) electrons. The zero-order valence-electron chi connectivity index (χ0n) is 7.65. The van der Waals surface area contributed by atoms with Crippen LogP contribution in [0.4, 0.5) is 5.69 Å². The van der Waals surface area contributed by atoms with E-state index in [1.165, 1.54) is 0 Å². The Balaban J connectivity index is 2.95. The molecule has 0 unspecified atom stereocenters. The van der Waals surface area contributed by atoms with E-state index in [0.717, 1.165) is 5.69 Å². The van der Waals surface area contributed by atoms with Gasteiger partial charge in [-0.15, -0.1) is 0 Å². The van der Waals surface area contributed by atoms with Gasteiger partial charge in [-0.05, 0) is 4.81 Å². The van der Waals surface area contributed by atoms with E-state index in [9.17, 15) is 0 Å². The highest BCUT2D eigenvalue weighted by molar-refractivity contribution is 5.37. The van der Waals surface area contributed by atoms with Crippen LogP contribution in [-0.2, 0) is 9.68 Å². The molecule has 0 aromatic heterocycles. The molecule has 3 nitrogen and oxygen atoms in total. The molecule has 1 rings (SSSR count). The maximum atomic E-state index is 5.19. The molecule has 0 aliphatic carbocycles. The van der Waals surface area contributed by atoms with Crippen LogP contribution in [0.1, 0.15) is 0 Å². The molecule has 0 heterocycles. The number of quaternary nitrogens is 1. The molecule has 0 amide bonds. The summed E-state index contributed by atoms with van der Waals surface area (Å²) in [5, 5.41) is 0. The maximum absolute atomic E-state index is 5.19. The highest BCUT2D eigenvalue weighted by atomic mass is 17.0. The van der Waals surface area contributed by atoms with Gasteiger partial charge in [0.2, 0.25) is 0 Å². The van der Waals surface area contributed by atoms with E-state index in [2.05, 4.69) is 0 Å². The first-order valence-electron chi connectivity index (χ1n) is 3.76. The Morgan fingerprint density at radius 1 is 1.00 bits per heavy atom. The summed E-state index contributed by atoms with van der Waals surface area (Å²) in [7, 11) is 5.04. The molecule has 0 fully saturated rings. The Kier molecular flexibility index (Phi) is 2.81. The van der Waals surface area contributed by atoms with Gasteiger partial charge in [-0.25, -0.2) is 0 Å². The molecule has 12 heavy (non-hydrogen) atoms. The number of nitrogens with zero attached hydrogens (tertiary/aromatic N) is 1. The second kappa shape index (κ2) is 3.67. The van der Waals surface area contributed by atoms with Crippen LogP contribution in [0.5, 0.6) is 0 Å². The van der Waals surface area contributed by atoms with Crippen molar-refractivity contribution in [1.29, 1.82) is 0 Å². The number of hydroxylamine groups is 2. The molecule has 0 aliphatic heterocycles. The van der Waals surface area contributed by atoms with E-state index in [0.29, 0.717) is 0 Å². The van der Waals surface area contributed by atoms with Gasteiger partial charge in [0.1, 0.15) is 21.3 Å². The maximum Gasteiger partial charge on any atom is 0.199 e. The first-order valence-corrected chi connectivity index (χ1v) is 3.76. The Bertz CT molecular complexity index is 232. The van der Waals surface area contributed by atoms with Gasteiger partial charge in [0, 0.05) is 12.1 Å². The molecule has 0 saturated heterocycles. The zero-order valence-corrected chi connectivity index (χ0v) is 7.65. The molecule has 0 N–H and O–H groups in total. The standard InChI is InChI=1S/C9H14NO2/c1-10(11-2,12-3)9-7-5-4-6-8-9/h4-8H,1-3H3/q+1. The SMILES string of the molecule is CO[N+](C)(OC)c1ccccc1. The van der Waals surface area contributed by atoms with Crippen molar-refractivity contribution in [3.63, 3.8) is 0 Å². The summed E-state index contributed by atoms with van der Waals surface area (Å²) in [4.78, 5) is 10.4. The minimum Gasteiger partial charge on any atom is -0.166 e. The third-order valence-corrected chi connectivity index (χ3v) is 1.92. The number of hydrogen-bond acceptors (Lipinski definition) is 2. The second-order valence-corrected chi connectivity index (χ2v) is 2.55. The van der Waals surface area contributed by atoms with E-state index in [1.54, 1.807) is 14.2 Å². The fourth-order valence-electron chi connectivity index (χ4n) is 0.984. The van der Waals surface area contributed by atoms with Crippen molar-refractivity contribution in [2.45, 2.75) is 0 Å². The summed E-state index contributed by atoms with van der Waals surface area (Å²) < 4.78 is 0. The minimum atomic E-state index is 0.0286. The normalized spacial score (nSPS) is 11.6. The van der Waals surface area contributed by atoms with Gasteiger partial charge in [0.05, 0.1) is 0 Å². The van der Waals surface area contributed by atoms with Gasteiger partial charge in [0.15, 0.2) is 5.69 Å². The summed E-state index contributed by atoms with van der Waals surface area (Å²) in [6.45, 7) is 0. The molecule has 0 aliphatic rings. The lowest BCUT2D eigenvalue weighted by Crippen LogP contribution is -2.42. The van der Waals surface area contributed by atoms with E-state index in [-0.39, 0.29) is 4.81 Å². The lowest BCUT2D eigenvalue weighted by molar-refractivity contribution is -0.310. The lowest BCUT2D eigenvalue weighted by atomic mass is 10.3. The summed E-state index contributed by atoms with van der Waals surface area (Å²) in [5.41, 5.74) is 0.961. The molecule has 1 aromatic carbocycles.